The minimum atomic E-state index is -0.196. The molecule has 6 nitrogen and oxygen atoms in total. The van der Waals surface area contributed by atoms with Crippen molar-refractivity contribution in [1.82, 2.24) is 15.1 Å². The van der Waals surface area contributed by atoms with Gasteiger partial charge in [0, 0.05) is 63.2 Å². The molecule has 2 fully saturated rings. The number of thiocarbonyl (C=S) groups is 1. The van der Waals surface area contributed by atoms with Crippen molar-refractivity contribution in [3.8, 4) is 5.75 Å². The van der Waals surface area contributed by atoms with Crippen molar-refractivity contribution in [2.24, 2.45) is 0 Å². The molecular weight excluding hydrogens is 459 g/mol. The third-order valence-electron chi connectivity index (χ3n) is 5.83. The van der Waals surface area contributed by atoms with Crippen molar-refractivity contribution in [2.45, 2.75) is 12.3 Å². The maximum absolute atomic E-state index is 13.5. The van der Waals surface area contributed by atoms with Gasteiger partial charge < -0.3 is 19.9 Å². The SMILES string of the molecule is CC(=O)NC(=S)N1CCSC1c1ccccc1OCCN1CCN(c2cccc(F)c2)CC1. The first-order valence-electron chi connectivity index (χ1n) is 11.2. The largest absolute Gasteiger partial charge is 0.492 e. The van der Waals surface area contributed by atoms with Crippen LogP contribution in [0, 0.1) is 5.82 Å². The number of thioether (sulfide) groups is 1. The number of amides is 1. The fraction of sp³-hybridized carbons (Fsp3) is 0.417. The number of carbonyl (C=O) groups excluding carboxylic acids is 1. The molecule has 0 saturated carbocycles. The van der Waals surface area contributed by atoms with Crippen LogP contribution in [0.4, 0.5) is 10.1 Å². The molecule has 1 atom stereocenters. The monoisotopic (exact) mass is 488 g/mol. The zero-order valence-corrected chi connectivity index (χ0v) is 20.3. The first-order chi connectivity index (χ1) is 16.0. The topological polar surface area (TPSA) is 48.1 Å². The van der Waals surface area contributed by atoms with E-state index in [1.165, 1.54) is 13.0 Å². The predicted molar refractivity (Wildman–Crippen MR) is 135 cm³/mol. The maximum Gasteiger partial charge on any atom is 0.222 e. The van der Waals surface area contributed by atoms with Crippen molar-refractivity contribution in [3.05, 3.63) is 59.9 Å². The Morgan fingerprint density at radius 1 is 1.15 bits per heavy atom. The van der Waals surface area contributed by atoms with E-state index >= 15 is 0 Å². The van der Waals surface area contributed by atoms with E-state index in [0.29, 0.717) is 11.7 Å². The molecular formula is C24H29FN4O2S2. The molecule has 0 spiro atoms. The van der Waals surface area contributed by atoms with Gasteiger partial charge in [-0.15, -0.1) is 11.8 Å². The first-order valence-corrected chi connectivity index (χ1v) is 12.6. The Morgan fingerprint density at radius 3 is 2.70 bits per heavy atom. The normalized spacial score (nSPS) is 18.9. The van der Waals surface area contributed by atoms with Crippen LogP contribution in [-0.2, 0) is 4.79 Å². The van der Waals surface area contributed by atoms with Gasteiger partial charge in [-0.1, -0.05) is 24.3 Å². The molecule has 9 heteroatoms. The summed E-state index contributed by atoms with van der Waals surface area (Å²) in [5, 5.41) is 3.23. The van der Waals surface area contributed by atoms with Gasteiger partial charge in [-0.2, -0.15) is 0 Å². The van der Waals surface area contributed by atoms with Crippen molar-refractivity contribution < 1.29 is 13.9 Å². The van der Waals surface area contributed by atoms with E-state index in [1.54, 1.807) is 23.9 Å². The number of hydrogen-bond donors (Lipinski definition) is 1. The molecule has 2 aromatic rings. The first kappa shape index (κ1) is 23.8. The Bertz CT molecular complexity index is 984. The number of halogens is 1. The van der Waals surface area contributed by atoms with Gasteiger partial charge in [0.2, 0.25) is 5.91 Å². The van der Waals surface area contributed by atoms with Crippen molar-refractivity contribution in [3.63, 3.8) is 0 Å². The summed E-state index contributed by atoms with van der Waals surface area (Å²) in [7, 11) is 0. The van der Waals surface area contributed by atoms with Gasteiger partial charge in [0.15, 0.2) is 5.11 Å². The average molecular weight is 489 g/mol. The van der Waals surface area contributed by atoms with Gasteiger partial charge in [0.1, 0.15) is 23.5 Å². The number of carbonyl (C=O) groups is 1. The summed E-state index contributed by atoms with van der Waals surface area (Å²) in [4.78, 5) is 18.1. The summed E-state index contributed by atoms with van der Waals surface area (Å²) >= 11 is 7.24. The van der Waals surface area contributed by atoms with Crippen LogP contribution in [0.3, 0.4) is 0 Å². The van der Waals surface area contributed by atoms with Crippen LogP contribution in [-0.4, -0.2) is 72.4 Å². The molecule has 2 aromatic carbocycles. The lowest BCUT2D eigenvalue weighted by atomic mass is 10.2. The number of nitrogens with zero attached hydrogens (tertiary/aromatic N) is 3. The van der Waals surface area contributed by atoms with Crippen LogP contribution < -0.4 is 15.0 Å². The van der Waals surface area contributed by atoms with Crippen molar-refractivity contribution >= 4 is 40.7 Å². The zero-order valence-electron chi connectivity index (χ0n) is 18.7. The highest BCUT2D eigenvalue weighted by molar-refractivity contribution is 7.99. The summed E-state index contributed by atoms with van der Waals surface area (Å²) in [5.74, 6) is 1.44. The van der Waals surface area contributed by atoms with E-state index in [-0.39, 0.29) is 17.1 Å². The van der Waals surface area contributed by atoms with Crippen molar-refractivity contribution in [1.29, 1.82) is 0 Å². The van der Waals surface area contributed by atoms with Gasteiger partial charge in [-0.3, -0.25) is 9.69 Å². The zero-order chi connectivity index (χ0) is 23.2. The number of benzene rings is 2. The van der Waals surface area contributed by atoms with E-state index in [9.17, 15) is 9.18 Å². The lowest BCUT2D eigenvalue weighted by molar-refractivity contribution is -0.117. The molecule has 4 rings (SSSR count). The second kappa shape index (κ2) is 11.2. The highest BCUT2D eigenvalue weighted by Crippen LogP contribution is 2.41. The van der Waals surface area contributed by atoms with E-state index in [1.807, 2.05) is 24.3 Å². The molecule has 2 aliphatic rings. The van der Waals surface area contributed by atoms with Crippen LogP contribution in [0.15, 0.2) is 48.5 Å². The number of piperazine rings is 1. The summed E-state index contributed by atoms with van der Waals surface area (Å²) < 4.78 is 19.7. The Balaban J connectivity index is 1.30. The van der Waals surface area contributed by atoms with Crippen LogP contribution in [0.5, 0.6) is 5.75 Å². The lowest BCUT2D eigenvalue weighted by Gasteiger charge is -2.36. The second-order valence-electron chi connectivity index (χ2n) is 8.10. The highest BCUT2D eigenvalue weighted by atomic mass is 32.2. The third-order valence-corrected chi connectivity index (χ3v) is 7.41. The number of nitrogens with one attached hydrogen (secondary N) is 1. The molecule has 1 N–H and O–H groups in total. The Labute approximate surface area is 204 Å². The quantitative estimate of drug-likeness (QED) is 0.625. The number of hydrogen-bond acceptors (Lipinski definition) is 6. The molecule has 2 saturated heterocycles. The fourth-order valence-electron chi connectivity index (χ4n) is 4.16. The fourth-order valence-corrected chi connectivity index (χ4v) is 5.86. The van der Waals surface area contributed by atoms with Gasteiger partial charge >= 0.3 is 0 Å². The van der Waals surface area contributed by atoms with E-state index in [2.05, 4.69) is 26.1 Å². The van der Waals surface area contributed by atoms with Gasteiger partial charge in [0.25, 0.3) is 0 Å². The Hall–Kier alpha value is -2.36. The minimum Gasteiger partial charge on any atom is -0.492 e. The molecule has 2 heterocycles. The van der Waals surface area contributed by atoms with E-state index in [4.69, 9.17) is 17.0 Å². The second-order valence-corrected chi connectivity index (χ2v) is 9.67. The molecule has 33 heavy (non-hydrogen) atoms. The van der Waals surface area contributed by atoms with Crippen molar-refractivity contribution in [2.75, 3.05) is 56.5 Å². The molecule has 0 aromatic heterocycles. The third kappa shape index (κ3) is 6.16. The van der Waals surface area contributed by atoms with Gasteiger partial charge in [0.05, 0.1) is 0 Å². The Morgan fingerprint density at radius 2 is 1.94 bits per heavy atom. The molecule has 176 valence electrons. The summed E-state index contributed by atoms with van der Waals surface area (Å²) in [5.41, 5.74) is 2.01. The van der Waals surface area contributed by atoms with Crippen LogP contribution in [0.1, 0.15) is 17.9 Å². The molecule has 0 aliphatic carbocycles. The lowest BCUT2D eigenvalue weighted by Crippen LogP contribution is -2.47. The Kier molecular flexibility index (Phi) is 8.06. The summed E-state index contributed by atoms with van der Waals surface area (Å²) in [6.45, 7) is 7.25. The standard InChI is InChI=1S/C24H29FN4O2S2/c1-18(30)26-24(32)29-14-16-33-23(29)21-7-2-3-8-22(21)31-15-13-27-9-11-28(12-10-27)20-6-4-5-19(25)17-20/h2-8,17,23H,9-16H2,1H3,(H,26,30,32). The molecule has 2 aliphatic heterocycles. The summed E-state index contributed by atoms with van der Waals surface area (Å²) in [6.07, 6.45) is 0. The minimum absolute atomic E-state index is 0.0235. The van der Waals surface area contributed by atoms with Gasteiger partial charge in [-0.25, -0.2) is 4.39 Å². The van der Waals surface area contributed by atoms with Crippen LogP contribution >= 0.6 is 24.0 Å². The van der Waals surface area contributed by atoms with E-state index in [0.717, 1.165) is 62.0 Å². The number of ether oxygens (including phenoxy) is 1. The summed E-state index contributed by atoms with van der Waals surface area (Å²) in [6, 6.07) is 14.8. The number of rotatable bonds is 6. The van der Waals surface area contributed by atoms with Crippen LogP contribution in [0.2, 0.25) is 0 Å². The maximum atomic E-state index is 13.5. The molecule has 1 unspecified atom stereocenters. The highest BCUT2D eigenvalue weighted by Gasteiger charge is 2.31. The van der Waals surface area contributed by atoms with Crippen LogP contribution in [0.25, 0.3) is 0 Å². The smallest absolute Gasteiger partial charge is 0.222 e. The predicted octanol–water partition coefficient (Wildman–Crippen LogP) is 3.50. The average Bonchev–Trinajstić information content (AvgIpc) is 3.29. The number of anilines is 1. The van der Waals surface area contributed by atoms with E-state index < -0.39 is 0 Å². The van der Waals surface area contributed by atoms with Gasteiger partial charge in [-0.05, 0) is 36.5 Å². The molecule has 0 radical (unpaired) electrons. The number of para-hydroxylation sites is 1. The molecule has 0 bridgehead atoms. The molecule has 1 amide bonds.